The molecule has 12 nitrogen and oxygen atoms in total. The van der Waals surface area contributed by atoms with E-state index < -0.39 is 42.1 Å². The molecule has 0 spiro atoms. The van der Waals surface area contributed by atoms with Crippen LogP contribution < -0.4 is 25.8 Å². The number of hydrogen-bond donors (Lipinski definition) is 3. The second-order valence-corrected chi connectivity index (χ2v) is 7.39. The number of hydrogen-bond acceptors (Lipinski definition) is 8. The Labute approximate surface area is 200 Å². The first-order valence-electron chi connectivity index (χ1n) is 10.5. The first-order chi connectivity index (χ1) is 16.8. The third-order valence-electron chi connectivity index (χ3n) is 5.04. The van der Waals surface area contributed by atoms with Crippen molar-refractivity contribution in [3.05, 3.63) is 59.7 Å². The van der Waals surface area contributed by atoms with E-state index in [9.17, 15) is 24.0 Å². The Bertz CT molecular complexity index is 1120. The second-order valence-electron chi connectivity index (χ2n) is 7.39. The van der Waals surface area contributed by atoms with Crippen molar-refractivity contribution in [2.24, 2.45) is 5.92 Å². The van der Waals surface area contributed by atoms with Crippen LogP contribution in [-0.4, -0.2) is 62.0 Å². The highest BCUT2D eigenvalue weighted by Gasteiger charge is 2.36. The molecule has 35 heavy (non-hydrogen) atoms. The minimum Gasteiger partial charge on any atom is -0.493 e. The number of carbonyl (C=O) groups excluding carboxylic acids is 5. The SMILES string of the molecule is COc1ccc(C(=O)NN2C[C@@H](C(=O)OCC(=O)NNC(=O)c3ccccc3)CC2=O)cc1OC. The van der Waals surface area contributed by atoms with Crippen LogP contribution in [0, 0.1) is 5.92 Å². The van der Waals surface area contributed by atoms with Gasteiger partial charge >= 0.3 is 5.97 Å². The topological polar surface area (TPSA) is 152 Å². The molecule has 4 amide bonds. The van der Waals surface area contributed by atoms with Crippen molar-refractivity contribution < 1.29 is 38.2 Å². The van der Waals surface area contributed by atoms with Crippen molar-refractivity contribution >= 4 is 29.6 Å². The zero-order chi connectivity index (χ0) is 25.4. The van der Waals surface area contributed by atoms with Crippen LogP contribution in [0.1, 0.15) is 27.1 Å². The van der Waals surface area contributed by atoms with Crippen molar-refractivity contribution in [3.8, 4) is 11.5 Å². The van der Waals surface area contributed by atoms with Gasteiger partial charge in [-0.05, 0) is 30.3 Å². The molecule has 184 valence electrons. The van der Waals surface area contributed by atoms with E-state index in [1.807, 2.05) is 0 Å². The van der Waals surface area contributed by atoms with Crippen LogP contribution in [0.3, 0.4) is 0 Å². The third kappa shape index (κ3) is 6.47. The highest BCUT2D eigenvalue weighted by Crippen LogP contribution is 2.27. The molecule has 0 bridgehead atoms. The molecule has 0 saturated carbocycles. The van der Waals surface area contributed by atoms with Gasteiger partial charge in [0.2, 0.25) is 5.91 Å². The van der Waals surface area contributed by atoms with Gasteiger partial charge in [0.15, 0.2) is 18.1 Å². The number of hydrazine groups is 2. The predicted octanol–water partition coefficient (Wildman–Crippen LogP) is 0.202. The van der Waals surface area contributed by atoms with Crippen molar-refractivity contribution in [1.82, 2.24) is 21.3 Å². The zero-order valence-corrected chi connectivity index (χ0v) is 19.0. The molecule has 0 aliphatic carbocycles. The second kappa shape index (κ2) is 11.5. The van der Waals surface area contributed by atoms with Gasteiger partial charge < -0.3 is 14.2 Å². The molecule has 1 heterocycles. The van der Waals surface area contributed by atoms with Gasteiger partial charge in [0.25, 0.3) is 17.7 Å². The molecule has 2 aromatic carbocycles. The normalized spacial score (nSPS) is 14.6. The van der Waals surface area contributed by atoms with E-state index in [0.717, 1.165) is 5.01 Å². The number of nitrogens with zero attached hydrogens (tertiary/aromatic N) is 1. The van der Waals surface area contributed by atoms with Gasteiger partial charge in [0.05, 0.1) is 26.7 Å². The lowest BCUT2D eigenvalue weighted by atomic mass is 10.1. The highest BCUT2D eigenvalue weighted by atomic mass is 16.5. The van der Waals surface area contributed by atoms with E-state index in [1.165, 1.54) is 26.4 Å². The summed E-state index contributed by atoms with van der Waals surface area (Å²) in [5, 5.41) is 1.02. The summed E-state index contributed by atoms with van der Waals surface area (Å²) >= 11 is 0. The minimum atomic E-state index is -0.875. The van der Waals surface area contributed by atoms with Crippen LogP contribution in [0.4, 0.5) is 0 Å². The van der Waals surface area contributed by atoms with Crippen molar-refractivity contribution in [1.29, 1.82) is 0 Å². The standard InChI is InChI=1S/C23H24N4O8/c1-33-17-9-8-15(10-18(17)34-2)22(31)26-27-12-16(11-20(27)29)23(32)35-13-19(28)24-25-21(30)14-6-4-3-5-7-14/h3-10,16H,11-13H2,1-2H3,(H,24,28)(H,25,30)(H,26,31)/t16-/m0/s1. The first-order valence-corrected chi connectivity index (χ1v) is 10.5. The lowest BCUT2D eigenvalue weighted by molar-refractivity contribution is -0.152. The molecule has 12 heteroatoms. The number of amides is 4. The summed E-state index contributed by atoms with van der Waals surface area (Å²) in [6, 6.07) is 12.7. The Balaban J connectivity index is 1.45. The molecule has 0 unspecified atom stereocenters. The molecule has 0 aromatic heterocycles. The fraction of sp³-hybridized carbons (Fsp3) is 0.261. The lowest BCUT2D eigenvalue weighted by Crippen LogP contribution is -2.44. The van der Waals surface area contributed by atoms with Gasteiger partial charge in [-0.15, -0.1) is 0 Å². The monoisotopic (exact) mass is 484 g/mol. The lowest BCUT2D eigenvalue weighted by Gasteiger charge is -2.18. The summed E-state index contributed by atoms with van der Waals surface area (Å²) in [4.78, 5) is 60.9. The maximum absolute atomic E-state index is 12.5. The van der Waals surface area contributed by atoms with E-state index in [2.05, 4.69) is 16.3 Å². The Morgan fingerprint density at radius 1 is 0.914 bits per heavy atom. The number of benzene rings is 2. The van der Waals surface area contributed by atoms with Crippen LogP contribution in [0.25, 0.3) is 0 Å². The molecule has 1 fully saturated rings. The Morgan fingerprint density at radius 3 is 2.31 bits per heavy atom. The number of methoxy groups -OCH3 is 2. The average Bonchev–Trinajstić information content (AvgIpc) is 3.25. The largest absolute Gasteiger partial charge is 0.493 e. The molecule has 1 atom stereocenters. The zero-order valence-electron chi connectivity index (χ0n) is 19.0. The summed E-state index contributed by atoms with van der Waals surface area (Å²) in [6.45, 7) is -0.778. The van der Waals surface area contributed by atoms with Crippen LogP contribution in [0.2, 0.25) is 0 Å². The summed E-state index contributed by atoms with van der Waals surface area (Å²) in [6.07, 6.45) is -0.197. The van der Waals surface area contributed by atoms with Gasteiger partial charge in [-0.2, -0.15) is 0 Å². The van der Waals surface area contributed by atoms with E-state index >= 15 is 0 Å². The first kappa shape index (κ1) is 25.0. The van der Waals surface area contributed by atoms with E-state index in [1.54, 1.807) is 36.4 Å². The van der Waals surface area contributed by atoms with E-state index in [4.69, 9.17) is 14.2 Å². The van der Waals surface area contributed by atoms with E-state index in [0.29, 0.717) is 17.1 Å². The van der Waals surface area contributed by atoms with Gasteiger partial charge in [0, 0.05) is 17.5 Å². The number of esters is 1. The molecular weight excluding hydrogens is 460 g/mol. The Kier molecular flexibility index (Phi) is 8.22. The maximum atomic E-state index is 12.5. The van der Waals surface area contributed by atoms with Crippen molar-refractivity contribution in [3.63, 3.8) is 0 Å². The molecule has 3 rings (SSSR count). The summed E-state index contributed by atoms with van der Waals surface area (Å²) in [7, 11) is 2.89. The fourth-order valence-electron chi connectivity index (χ4n) is 3.22. The number of nitrogens with one attached hydrogen (secondary N) is 3. The minimum absolute atomic E-state index is 0.122. The molecule has 1 saturated heterocycles. The Hall–Kier alpha value is -4.61. The maximum Gasteiger partial charge on any atom is 0.311 e. The van der Waals surface area contributed by atoms with Crippen LogP contribution >= 0.6 is 0 Å². The summed E-state index contributed by atoms with van der Waals surface area (Å²) in [5.41, 5.74) is 7.34. The molecule has 0 radical (unpaired) electrons. The van der Waals surface area contributed by atoms with Crippen molar-refractivity contribution in [2.75, 3.05) is 27.4 Å². The predicted molar refractivity (Wildman–Crippen MR) is 120 cm³/mol. The molecule has 3 N–H and O–H groups in total. The number of rotatable bonds is 8. The van der Waals surface area contributed by atoms with E-state index in [-0.39, 0.29) is 18.5 Å². The van der Waals surface area contributed by atoms with Crippen LogP contribution in [0.15, 0.2) is 48.5 Å². The van der Waals surface area contributed by atoms with Crippen molar-refractivity contribution in [2.45, 2.75) is 6.42 Å². The average molecular weight is 484 g/mol. The fourth-order valence-corrected chi connectivity index (χ4v) is 3.22. The third-order valence-corrected chi connectivity index (χ3v) is 5.04. The van der Waals surface area contributed by atoms with Crippen LogP contribution in [-0.2, 0) is 19.1 Å². The summed E-state index contributed by atoms with van der Waals surface area (Å²) < 4.78 is 15.2. The van der Waals surface area contributed by atoms with Crippen LogP contribution in [0.5, 0.6) is 11.5 Å². The molecular formula is C23H24N4O8. The Morgan fingerprint density at radius 2 is 1.63 bits per heavy atom. The number of ether oxygens (including phenoxy) is 3. The van der Waals surface area contributed by atoms with Gasteiger partial charge in [-0.3, -0.25) is 45.3 Å². The molecule has 1 aliphatic heterocycles. The quantitative estimate of drug-likeness (QED) is 0.355. The summed E-state index contributed by atoms with van der Waals surface area (Å²) in [5.74, 6) is -3.24. The van der Waals surface area contributed by atoms with Gasteiger partial charge in [0.1, 0.15) is 0 Å². The highest BCUT2D eigenvalue weighted by molar-refractivity contribution is 5.97. The van der Waals surface area contributed by atoms with Gasteiger partial charge in [-0.25, -0.2) is 0 Å². The molecule has 1 aliphatic rings. The molecule has 2 aromatic rings. The number of carbonyl (C=O) groups is 5. The van der Waals surface area contributed by atoms with Gasteiger partial charge in [-0.1, -0.05) is 18.2 Å². The smallest absolute Gasteiger partial charge is 0.311 e.